The highest BCUT2D eigenvalue weighted by atomic mass is 16.1. The van der Waals surface area contributed by atoms with Crippen LogP contribution in [-0.4, -0.2) is 16.9 Å². The molecule has 1 amide bonds. The molecule has 3 N–H and O–H groups in total. The molecule has 2 rings (SSSR count). The van der Waals surface area contributed by atoms with E-state index in [2.05, 4.69) is 24.1 Å². The van der Waals surface area contributed by atoms with E-state index in [9.17, 15) is 4.79 Å². The second-order valence-electron chi connectivity index (χ2n) is 3.75. The van der Waals surface area contributed by atoms with Gasteiger partial charge in [0.15, 0.2) is 0 Å². The maximum atomic E-state index is 11.0. The summed E-state index contributed by atoms with van der Waals surface area (Å²) in [7, 11) is 0. The van der Waals surface area contributed by atoms with Crippen LogP contribution in [0.5, 0.6) is 0 Å². The predicted molar refractivity (Wildman–Crippen MR) is 54.3 cm³/mol. The normalized spacial score (nSPS) is 24.1. The number of hydrogen-bond donors (Lipinski definition) is 2. The number of fused-ring (bicyclic) bond motifs is 1. The fourth-order valence-corrected chi connectivity index (χ4v) is 1.69. The molecule has 1 aliphatic heterocycles. The molecule has 14 heavy (non-hydrogen) atoms. The Morgan fingerprint density at radius 3 is 2.93 bits per heavy atom. The fraction of sp³-hybridized carbons (Fsp3) is 0.400. The number of hydrogen-bond acceptors (Lipinski definition) is 3. The number of nitrogens with one attached hydrogen (secondary N) is 1. The van der Waals surface area contributed by atoms with Gasteiger partial charge in [-0.25, -0.2) is 4.98 Å². The molecule has 2 atom stereocenters. The van der Waals surface area contributed by atoms with Crippen molar-refractivity contribution in [2.75, 3.05) is 5.32 Å². The monoisotopic (exact) mass is 191 g/mol. The first-order chi connectivity index (χ1) is 6.59. The second kappa shape index (κ2) is 2.97. The summed E-state index contributed by atoms with van der Waals surface area (Å²) in [6, 6.07) is 2.19. The molecule has 0 aliphatic carbocycles. The minimum Gasteiger partial charge on any atom is -0.367 e. The SMILES string of the molecule is C[C@@H]1Nc2ncc(C(N)=O)cc2[C@H]1C. The molecular formula is C10H13N3O. The first-order valence-electron chi connectivity index (χ1n) is 4.66. The summed E-state index contributed by atoms with van der Waals surface area (Å²) < 4.78 is 0. The molecule has 4 nitrogen and oxygen atoms in total. The van der Waals surface area contributed by atoms with Crippen LogP contribution in [0.15, 0.2) is 12.3 Å². The molecule has 0 radical (unpaired) electrons. The maximum absolute atomic E-state index is 11.0. The van der Waals surface area contributed by atoms with Crippen LogP contribution in [0.3, 0.4) is 0 Å². The smallest absolute Gasteiger partial charge is 0.250 e. The Morgan fingerprint density at radius 2 is 2.29 bits per heavy atom. The maximum Gasteiger partial charge on any atom is 0.250 e. The highest BCUT2D eigenvalue weighted by molar-refractivity contribution is 5.93. The molecule has 0 spiro atoms. The van der Waals surface area contributed by atoms with E-state index in [0.717, 1.165) is 11.4 Å². The van der Waals surface area contributed by atoms with E-state index in [1.165, 1.54) is 6.20 Å². The van der Waals surface area contributed by atoms with E-state index < -0.39 is 5.91 Å². The van der Waals surface area contributed by atoms with Crippen LogP contribution in [0.25, 0.3) is 0 Å². The number of primary amides is 1. The Morgan fingerprint density at radius 1 is 1.57 bits per heavy atom. The standard InChI is InChI=1S/C10H13N3O/c1-5-6(2)13-10-8(5)3-7(4-12-10)9(11)14/h3-6H,1-2H3,(H2,11,14)(H,12,13)/t5-,6-/m0/s1. The summed E-state index contributed by atoms with van der Waals surface area (Å²) in [5.41, 5.74) is 6.74. The first kappa shape index (κ1) is 8.99. The largest absolute Gasteiger partial charge is 0.367 e. The lowest BCUT2D eigenvalue weighted by Crippen LogP contribution is -2.13. The quantitative estimate of drug-likeness (QED) is 0.698. The third kappa shape index (κ3) is 1.23. The third-order valence-electron chi connectivity index (χ3n) is 2.81. The molecule has 2 heterocycles. The molecule has 1 aliphatic rings. The molecule has 1 aromatic rings. The van der Waals surface area contributed by atoms with E-state index in [1.54, 1.807) is 0 Å². The zero-order valence-electron chi connectivity index (χ0n) is 8.24. The van der Waals surface area contributed by atoms with Crippen LogP contribution in [0.1, 0.15) is 35.7 Å². The summed E-state index contributed by atoms with van der Waals surface area (Å²) in [4.78, 5) is 15.1. The molecule has 1 aromatic heterocycles. The van der Waals surface area contributed by atoms with Crippen LogP contribution in [0.2, 0.25) is 0 Å². The topological polar surface area (TPSA) is 68.0 Å². The molecule has 0 aromatic carbocycles. The van der Waals surface area contributed by atoms with Crippen LogP contribution < -0.4 is 11.1 Å². The van der Waals surface area contributed by atoms with Crippen LogP contribution in [0.4, 0.5) is 5.82 Å². The zero-order chi connectivity index (χ0) is 10.3. The summed E-state index contributed by atoms with van der Waals surface area (Å²) in [5, 5.41) is 3.25. The summed E-state index contributed by atoms with van der Waals surface area (Å²) >= 11 is 0. The lowest BCUT2D eigenvalue weighted by molar-refractivity contribution is 0.1000. The minimum atomic E-state index is -0.424. The van der Waals surface area contributed by atoms with Gasteiger partial charge in [-0.3, -0.25) is 4.79 Å². The van der Waals surface area contributed by atoms with Crippen LogP contribution in [0, 0.1) is 0 Å². The molecule has 0 bridgehead atoms. The van der Waals surface area contributed by atoms with Gasteiger partial charge in [-0.15, -0.1) is 0 Å². The molecule has 0 fully saturated rings. The van der Waals surface area contributed by atoms with Gasteiger partial charge in [0.1, 0.15) is 5.82 Å². The summed E-state index contributed by atoms with van der Waals surface area (Å²) in [6.07, 6.45) is 1.51. The van der Waals surface area contributed by atoms with Crippen molar-refractivity contribution in [1.29, 1.82) is 0 Å². The number of pyridine rings is 1. The molecule has 0 saturated carbocycles. The van der Waals surface area contributed by atoms with Crippen LogP contribution in [-0.2, 0) is 0 Å². The number of amides is 1. The fourth-order valence-electron chi connectivity index (χ4n) is 1.69. The minimum absolute atomic E-state index is 0.362. The van der Waals surface area contributed by atoms with E-state index in [1.807, 2.05) is 6.07 Å². The van der Waals surface area contributed by atoms with Gasteiger partial charge in [0.25, 0.3) is 0 Å². The first-order valence-corrected chi connectivity index (χ1v) is 4.66. The van der Waals surface area contributed by atoms with Crippen molar-refractivity contribution in [3.8, 4) is 0 Å². The number of rotatable bonds is 1. The van der Waals surface area contributed by atoms with Crippen molar-refractivity contribution < 1.29 is 4.79 Å². The number of nitrogens with two attached hydrogens (primary N) is 1. The van der Waals surface area contributed by atoms with Gasteiger partial charge < -0.3 is 11.1 Å². The lowest BCUT2D eigenvalue weighted by atomic mass is 9.98. The molecule has 4 heteroatoms. The van der Waals surface area contributed by atoms with Gasteiger partial charge in [0.05, 0.1) is 5.56 Å². The molecular weight excluding hydrogens is 178 g/mol. The Hall–Kier alpha value is -1.58. The Kier molecular flexibility index (Phi) is 1.91. The molecule has 0 saturated heterocycles. The van der Waals surface area contributed by atoms with Crippen molar-refractivity contribution in [3.63, 3.8) is 0 Å². The lowest BCUT2D eigenvalue weighted by Gasteiger charge is -2.08. The van der Waals surface area contributed by atoms with E-state index in [-0.39, 0.29) is 0 Å². The van der Waals surface area contributed by atoms with E-state index in [4.69, 9.17) is 5.73 Å². The summed E-state index contributed by atoms with van der Waals surface area (Å²) in [5.74, 6) is 0.818. The number of carbonyl (C=O) groups excluding carboxylic acids is 1. The van der Waals surface area contributed by atoms with Gasteiger partial charge >= 0.3 is 0 Å². The van der Waals surface area contributed by atoms with Crippen molar-refractivity contribution >= 4 is 11.7 Å². The zero-order valence-corrected chi connectivity index (χ0v) is 8.24. The highest BCUT2D eigenvalue weighted by Crippen LogP contribution is 2.33. The highest BCUT2D eigenvalue weighted by Gasteiger charge is 2.26. The van der Waals surface area contributed by atoms with Gasteiger partial charge in [0, 0.05) is 23.7 Å². The number of anilines is 1. The average Bonchev–Trinajstić information content (AvgIpc) is 2.43. The van der Waals surface area contributed by atoms with Crippen LogP contribution >= 0.6 is 0 Å². The number of carbonyl (C=O) groups is 1. The Bertz CT molecular complexity index is 389. The van der Waals surface area contributed by atoms with Crippen molar-refractivity contribution in [1.82, 2.24) is 4.98 Å². The van der Waals surface area contributed by atoms with Crippen molar-refractivity contribution in [2.24, 2.45) is 5.73 Å². The number of nitrogens with zero attached hydrogens (tertiary/aromatic N) is 1. The van der Waals surface area contributed by atoms with Gasteiger partial charge in [-0.1, -0.05) is 6.92 Å². The third-order valence-corrected chi connectivity index (χ3v) is 2.81. The molecule has 74 valence electrons. The predicted octanol–water partition coefficient (Wildman–Crippen LogP) is 1.10. The van der Waals surface area contributed by atoms with Gasteiger partial charge in [-0.2, -0.15) is 0 Å². The van der Waals surface area contributed by atoms with Crippen molar-refractivity contribution in [2.45, 2.75) is 25.8 Å². The van der Waals surface area contributed by atoms with E-state index >= 15 is 0 Å². The van der Waals surface area contributed by atoms with Crippen molar-refractivity contribution in [3.05, 3.63) is 23.4 Å². The summed E-state index contributed by atoms with van der Waals surface area (Å²) in [6.45, 7) is 4.20. The number of aromatic nitrogens is 1. The van der Waals surface area contributed by atoms with E-state index in [0.29, 0.717) is 17.5 Å². The second-order valence-corrected chi connectivity index (χ2v) is 3.75. The van der Waals surface area contributed by atoms with Gasteiger partial charge in [-0.05, 0) is 13.0 Å². The van der Waals surface area contributed by atoms with Gasteiger partial charge in [0.2, 0.25) is 5.91 Å². The Balaban J connectivity index is 2.46. The Labute approximate surface area is 82.5 Å². The average molecular weight is 191 g/mol. The molecule has 0 unspecified atom stereocenters.